The van der Waals surface area contributed by atoms with Crippen LogP contribution in [-0.4, -0.2) is 40.4 Å². The first-order chi connectivity index (χ1) is 8.96. The van der Waals surface area contributed by atoms with Gasteiger partial charge in [-0.05, 0) is 24.3 Å². The summed E-state index contributed by atoms with van der Waals surface area (Å²) >= 11 is 1.65. The van der Waals surface area contributed by atoms with Crippen LogP contribution in [0.1, 0.15) is 18.3 Å². The quantitative estimate of drug-likeness (QED) is 0.419. The molecule has 0 radical (unpaired) electrons. The van der Waals surface area contributed by atoms with Gasteiger partial charge in [0.05, 0.1) is 5.75 Å². The van der Waals surface area contributed by atoms with Crippen LogP contribution in [0.15, 0.2) is 29.2 Å². The number of benzene rings is 1. The van der Waals surface area contributed by atoms with Crippen molar-refractivity contribution in [3.63, 3.8) is 0 Å². The summed E-state index contributed by atoms with van der Waals surface area (Å²) in [5.74, 6) is 1.04. The second kappa shape index (κ2) is 7.89. The van der Waals surface area contributed by atoms with Crippen molar-refractivity contribution in [2.24, 2.45) is 0 Å². The average Bonchev–Trinajstić information content (AvgIpc) is 2.37. The lowest BCUT2D eigenvalue weighted by Gasteiger charge is -2.13. The molecular weight excluding hydrogens is 284 g/mol. The number of hydrogen-bond acceptors (Lipinski definition) is 5. The van der Waals surface area contributed by atoms with E-state index in [2.05, 4.69) is 0 Å². The number of sulfone groups is 1. The fourth-order valence-corrected chi connectivity index (χ4v) is 3.31. The highest BCUT2D eigenvalue weighted by atomic mass is 32.2. The first-order valence-corrected chi connectivity index (χ1v) is 8.97. The first-order valence-electron chi connectivity index (χ1n) is 5.92. The van der Waals surface area contributed by atoms with Gasteiger partial charge < -0.3 is 9.47 Å². The average molecular weight is 304 g/mol. The van der Waals surface area contributed by atoms with E-state index >= 15 is 0 Å². The van der Waals surface area contributed by atoms with Crippen LogP contribution >= 0.6 is 11.8 Å². The molecule has 0 saturated heterocycles. The predicted molar refractivity (Wildman–Crippen MR) is 78.3 cm³/mol. The van der Waals surface area contributed by atoms with E-state index < -0.39 is 9.84 Å². The van der Waals surface area contributed by atoms with Gasteiger partial charge in [0.1, 0.15) is 9.84 Å². The van der Waals surface area contributed by atoms with Gasteiger partial charge in [0.15, 0.2) is 6.29 Å². The molecule has 0 aliphatic heterocycles. The number of rotatable bonds is 8. The fraction of sp³-hybridized carbons (Fsp3) is 0.538. The lowest BCUT2D eigenvalue weighted by molar-refractivity contribution is -0.106. The van der Waals surface area contributed by atoms with Gasteiger partial charge in [0, 0.05) is 30.9 Å². The molecule has 0 amide bonds. The van der Waals surface area contributed by atoms with E-state index in [1.165, 1.54) is 6.26 Å². The summed E-state index contributed by atoms with van der Waals surface area (Å²) in [4.78, 5) is 1.11. The molecule has 0 heterocycles. The van der Waals surface area contributed by atoms with E-state index in [4.69, 9.17) is 9.47 Å². The third-order valence-corrected chi connectivity index (χ3v) is 4.64. The Kier molecular flexibility index (Phi) is 6.85. The van der Waals surface area contributed by atoms with Crippen LogP contribution in [-0.2, 0) is 19.3 Å². The smallest absolute Gasteiger partial charge is 0.183 e. The van der Waals surface area contributed by atoms with Crippen LogP contribution in [0, 0.1) is 0 Å². The predicted octanol–water partition coefficient (Wildman–Crippen LogP) is 2.50. The zero-order valence-corrected chi connectivity index (χ0v) is 13.1. The van der Waals surface area contributed by atoms with E-state index in [0.29, 0.717) is 6.42 Å². The second-order valence-corrected chi connectivity index (χ2v) is 7.63. The van der Waals surface area contributed by atoms with E-state index in [0.717, 1.165) is 16.2 Å². The largest absolute Gasteiger partial charge is 0.352 e. The van der Waals surface area contributed by atoms with Gasteiger partial charge in [-0.1, -0.05) is 12.1 Å². The van der Waals surface area contributed by atoms with E-state index in [1.807, 2.05) is 24.3 Å². The Morgan fingerprint density at radius 3 is 2.21 bits per heavy atom. The van der Waals surface area contributed by atoms with Gasteiger partial charge in [-0.15, -0.1) is 11.8 Å². The molecule has 0 N–H and O–H groups in total. The summed E-state index contributed by atoms with van der Waals surface area (Å²) in [5, 5.41) is 0. The lowest BCUT2D eigenvalue weighted by atomic mass is 10.2. The SMILES string of the molecule is COC(OC)c1ccc(SCCCS(C)(=O)=O)cc1. The molecule has 0 aliphatic carbocycles. The van der Waals surface area contributed by atoms with Gasteiger partial charge in [-0.3, -0.25) is 0 Å². The highest BCUT2D eigenvalue weighted by molar-refractivity contribution is 7.99. The molecule has 1 aromatic carbocycles. The third-order valence-electron chi connectivity index (χ3n) is 2.51. The van der Waals surface area contributed by atoms with Crippen molar-refractivity contribution in [1.29, 1.82) is 0 Å². The molecular formula is C13H20O4S2. The minimum atomic E-state index is -2.85. The van der Waals surface area contributed by atoms with Gasteiger partial charge in [-0.25, -0.2) is 8.42 Å². The van der Waals surface area contributed by atoms with Crippen molar-refractivity contribution in [3.8, 4) is 0 Å². The maximum Gasteiger partial charge on any atom is 0.183 e. The number of methoxy groups -OCH3 is 2. The van der Waals surface area contributed by atoms with Crippen LogP contribution in [0.5, 0.6) is 0 Å². The Labute approximate surface area is 119 Å². The number of ether oxygens (including phenoxy) is 2. The maximum absolute atomic E-state index is 11.0. The molecule has 0 spiro atoms. The molecule has 0 aliphatic rings. The van der Waals surface area contributed by atoms with Crippen LogP contribution in [0.4, 0.5) is 0 Å². The van der Waals surface area contributed by atoms with Crippen LogP contribution in [0.3, 0.4) is 0 Å². The Bertz CT molecular complexity index is 464. The maximum atomic E-state index is 11.0. The van der Waals surface area contributed by atoms with Gasteiger partial charge in [-0.2, -0.15) is 0 Å². The summed E-state index contributed by atoms with van der Waals surface area (Å²) in [6, 6.07) is 7.89. The molecule has 0 bridgehead atoms. The highest BCUT2D eigenvalue weighted by Gasteiger charge is 2.08. The first kappa shape index (κ1) is 16.5. The zero-order chi connectivity index (χ0) is 14.3. The van der Waals surface area contributed by atoms with Crippen molar-refractivity contribution < 1.29 is 17.9 Å². The second-order valence-electron chi connectivity index (χ2n) is 4.20. The highest BCUT2D eigenvalue weighted by Crippen LogP contribution is 2.23. The van der Waals surface area contributed by atoms with E-state index in [9.17, 15) is 8.42 Å². The molecule has 4 nitrogen and oxygen atoms in total. The van der Waals surface area contributed by atoms with Crippen molar-refractivity contribution in [1.82, 2.24) is 0 Å². The van der Waals surface area contributed by atoms with Crippen LogP contribution < -0.4 is 0 Å². The summed E-state index contributed by atoms with van der Waals surface area (Å²) < 4.78 is 32.3. The summed E-state index contributed by atoms with van der Waals surface area (Å²) in [6.07, 6.45) is 1.59. The van der Waals surface area contributed by atoms with Crippen molar-refractivity contribution in [2.75, 3.05) is 32.0 Å². The monoisotopic (exact) mass is 304 g/mol. The van der Waals surface area contributed by atoms with E-state index in [-0.39, 0.29) is 12.0 Å². The summed E-state index contributed by atoms with van der Waals surface area (Å²) in [5.41, 5.74) is 0.963. The lowest BCUT2D eigenvalue weighted by Crippen LogP contribution is -2.04. The number of thioether (sulfide) groups is 1. The Morgan fingerprint density at radius 1 is 1.16 bits per heavy atom. The minimum absolute atomic E-state index is 0.244. The molecule has 0 aromatic heterocycles. The van der Waals surface area contributed by atoms with Crippen molar-refractivity contribution in [3.05, 3.63) is 29.8 Å². The fourth-order valence-electron chi connectivity index (χ4n) is 1.60. The van der Waals surface area contributed by atoms with Gasteiger partial charge >= 0.3 is 0 Å². The van der Waals surface area contributed by atoms with Crippen molar-refractivity contribution >= 4 is 21.6 Å². The minimum Gasteiger partial charge on any atom is -0.352 e. The Morgan fingerprint density at radius 2 is 1.74 bits per heavy atom. The summed E-state index contributed by atoms with van der Waals surface area (Å²) in [7, 11) is 0.349. The number of hydrogen-bond donors (Lipinski definition) is 0. The van der Waals surface area contributed by atoms with Gasteiger partial charge in [0.2, 0.25) is 0 Å². The molecule has 0 unspecified atom stereocenters. The molecule has 0 saturated carbocycles. The van der Waals surface area contributed by atoms with Crippen LogP contribution in [0.25, 0.3) is 0 Å². The standard InChI is InChI=1S/C13H20O4S2/c1-16-13(17-2)11-5-7-12(8-6-11)18-9-4-10-19(3,14)15/h5-8,13H,4,9-10H2,1-3H3. The third kappa shape index (κ3) is 6.42. The van der Waals surface area contributed by atoms with Crippen LogP contribution in [0.2, 0.25) is 0 Å². The van der Waals surface area contributed by atoms with E-state index in [1.54, 1.807) is 26.0 Å². The Balaban J connectivity index is 2.44. The van der Waals surface area contributed by atoms with Gasteiger partial charge in [0.25, 0.3) is 0 Å². The normalized spacial score (nSPS) is 12.0. The molecule has 1 aromatic rings. The molecule has 19 heavy (non-hydrogen) atoms. The zero-order valence-electron chi connectivity index (χ0n) is 11.5. The topological polar surface area (TPSA) is 52.6 Å². The summed E-state index contributed by atoms with van der Waals surface area (Å²) in [6.45, 7) is 0. The molecule has 1 rings (SSSR count). The van der Waals surface area contributed by atoms with Crippen molar-refractivity contribution in [2.45, 2.75) is 17.6 Å². The molecule has 0 atom stereocenters. The molecule has 6 heteroatoms. The Hall–Kier alpha value is -0.560. The molecule has 108 valence electrons. The molecule has 0 fully saturated rings.